The number of rotatable bonds is 3. The molecule has 0 aromatic heterocycles. The first-order valence-electron chi connectivity index (χ1n) is 5.68. The first-order chi connectivity index (χ1) is 9.10. The van der Waals surface area contributed by atoms with Gasteiger partial charge in [0.2, 0.25) is 0 Å². The summed E-state index contributed by atoms with van der Waals surface area (Å²) in [6, 6.07) is 13.7. The highest BCUT2D eigenvalue weighted by atomic mass is 16.5. The van der Waals surface area contributed by atoms with E-state index in [-0.39, 0.29) is 5.78 Å². The zero-order chi connectivity index (χ0) is 13.8. The molecule has 0 saturated heterocycles. The lowest BCUT2D eigenvalue weighted by molar-refractivity contribution is 0.101. The number of nitrogens with two attached hydrogens (primary N) is 1. The van der Waals surface area contributed by atoms with Crippen LogP contribution in [-0.4, -0.2) is 5.78 Å². The Morgan fingerprint density at radius 1 is 1.16 bits per heavy atom. The van der Waals surface area contributed by atoms with Crippen LogP contribution in [0, 0.1) is 11.3 Å². The Kier molecular flexibility index (Phi) is 3.48. The number of ether oxygens (including phenoxy) is 1. The number of anilines is 1. The van der Waals surface area contributed by atoms with Gasteiger partial charge in [0.05, 0.1) is 11.6 Å². The molecule has 4 heteroatoms. The van der Waals surface area contributed by atoms with E-state index in [4.69, 9.17) is 15.7 Å². The summed E-state index contributed by atoms with van der Waals surface area (Å²) in [7, 11) is 0. The third-order valence-electron chi connectivity index (χ3n) is 2.62. The molecule has 0 saturated carbocycles. The fourth-order valence-electron chi connectivity index (χ4n) is 1.64. The molecule has 0 radical (unpaired) electrons. The highest BCUT2D eigenvalue weighted by molar-refractivity contribution is 5.99. The van der Waals surface area contributed by atoms with Gasteiger partial charge >= 0.3 is 0 Å². The van der Waals surface area contributed by atoms with E-state index in [1.54, 1.807) is 42.5 Å². The van der Waals surface area contributed by atoms with E-state index < -0.39 is 0 Å². The number of ketones is 1. The maximum atomic E-state index is 11.4. The second-order valence-corrected chi connectivity index (χ2v) is 4.04. The van der Waals surface area contributed by atoms with Crippen molar-refractivity contribution in [3.63, 3.8) is 0 Å². The summed E-state index contributed by atoms with van der Waals surface area (Å²) in [6.45, 7) is 1.46. The molecule has 0 bridgehead atoms. The van der Waals surface area contributed by atoms with Crippen molar-refractivity contribution in [3.05, 3.63) is 53.6 Å². The second kappa shape index (κ2) is 5.23. The maximum absolute atomic E-state index is 11.4. The molecule has 0 fully saturated rings. The Morgan fingerprint density at radius 3 is 2.37 bits per heavy atom. The number of Topliss-reactive ketones (excluding diaryl/α,β-unsaturated/α-hetero) is 1. The first-order valence-corrected chi connectivity index (χ1v) is 5.68. The Balaban J connectivity index is 2.25. The molecule has 0 aliphatic carbocycles. The van der Waals surface area contributed by atoms with Crippen LogP contribution in [0.1, 0.15) is 22.8 Å². The number of nitrogen functional groups attached to an aromatic ring is 1. The third-order valence-corrected chi connectivity index (χ3v) is 2.62. The highest BCUT2D eigenvalue weighted by Crippen LogP contribution is 2.25. The monoisotopic (exact) mass is 252 g/mol. The van der Waals surface area contributed by atoms with Gasteiger partial charge in [-0.2, -0.15) is 5.26 Å². The van der Waals surface area contributed by atoms with Gasteiger partial charge in [0.15, 0.2) is 5.78 Å². The molecule has 0 unspecified atom stereocenters. The molecule has 0 atom stereocenters. The summed E-state index contributed by atoms with van der Waals surface area (Å²) < 4.78 is 5.61. The molecule has 0 aliphatic heterocycles. The van der Waals surface area contributed by atoms with E-state index >= 15 is 0 Å². The molecule has 94 valence electrons. The molecule has 2 N–H and O–H groups in total. The zero-order valence-electron chi connectivity index (χ0n) is 10.4. The molecule has 4 nitrogen and oxygen atoms in total. The summed E-state index contributed by atoms with van der Waals surface area (Å²) in [6.07, 6.45) is 0. The Morgan fingerprint density at radius 2 is 1.79 bits per heavy atom. The van der Waals surface area contributed by atoms with Crippen LogP contribution in [0.15, 0.2) is 42.5 Å². The average Bonchev–Trinajstić information content (AvgIpc) is 2.41. The van der Waals surface area contributed by atoms with E-state index in [1.807, 2.05) is 6.07 Å². The summed E-state index contributed by atoms with van der Waals surface area (Å²) in [5, 5.41) is 8.70. The van der Waals surface area contributed by atoms with Crippen LogP contribution < -0.4 is 10.5 Å². The van der Waals surface area contributed by atoms with Crippen molar-refractivity contribution in [2.45, 2.75) is 6.92 Å². The van der Waals surface area contributed by atoms with Gasteiger partial charge in [0.25, 0.3) is 0 Å². The smallest absolute Gasteiger partial charge is 0.162 e. The van der Waals surface area contributed by atoms with Crippen LogP contribution in [0.2, 0.25) is 0 Å². The van der Waals surface area contributed by atoms with Crippen LogP contribution in [0.25, 0.3) is 0 Å². The Hall–Kier alpha value is -2.80. The van der Waals surface area contributed by atoms with Crippen LogP contribution >= 0.6 is 0 Å². The lowest BCUT2D eigenvalue weighted by Gasteiger charge is -2.08. The SMILES string of the molecule is CC(=O)c1cc(Oc2ccc(C#N)cc2)ccc1N. The van der Waals surface area contributed by atoms with Crippen LogP contribution in [0.3, 0.4) is 0 Å². The molecular weight excluding hydrogens is 240 g/mol. The van der Waals surface area contributed by atoms with Crippen LogP contribution in [-0.2, 0) is 0 Å². The van der Waals surface area contributed by atoms with Gasteiger partial charge in [-0.15, -0.1) is 0 Å². The quantitative estimate of drug-likeness (QED) is 0.672. The van der Waals surface area contributed by atoms with E-state index in [9.17, 15) is 4.79 Å². The number of carbonyl (C=O) groups is 1. The molecule has 2 aromatic carbocycles. The van der Waals surface area contributed by atoms with Crippen molar-refractivity contribution >= 4 is 11.5 Å². The molecule has 2 aromatic rings. The standard InChI is InChI=1S/C15H12N2O2/c1-10(18)14-8-13(6-7-15(14)17)19-12-4-2-11(9-16)3-5-12/h2-8H,17H2,1H3. The van der Waals surface area contributed by atoms with Crippen LogP contribution in [0.4, 0.5) is 5.69 Å². The molecule has 0 heterocycles. The maximum Gasteiger partial charge on any atom is 0.162 e. The topological polar surface area (TPSA) is 76.1 Å². The van der Waals surface area contributed by atoms with E-state index in [2.05, 4.69) is 0 Å². The van der Waals surface area contributed by atoms with Crippen molar-refractivity contribution < 1.29 is 9.53 Å². The molecule has 2 rings (SSSR count). The minimum absolute atomic E-state index is 0.109. The van der Waals surface area contributed by atoms with E-state index in [0.717, 1.165) is 0 Å². The summed E-state index contributed by atoms with van der Waals surface area (Å²) >= 11 is 0. The molecule has 19 heavy (non-hydrogen) atoms. The average molecular weight is 252 g/mol. The number of hydrogen-bond acceptors (Lipinski definition) is 4. The predicted molar refractivity (Wildman–Crippen MR) is 72.1 cm³/mol. The van der Waals surface area contributed by atoms with E-state index in [1.165, 1.54) is 6.92 Å². The highest BCUT2D eigenvalue weighted by Gasteiger charge is 2.07. The Labute approximate surface area is 111 Å². The zero-order valence-corrected chi connectivity index (χ0v) is 10.4. The fraction of sp³-hybridized carbons (Fsp3) is 0.0667. The normalized spacial score (nSPS) is 9.68. The number of nitriles is 1. The number of carbonyl (C=O) groups excluding carboxylic acids is 1. The number of benzene rings is 2. The van der Waals surface area contributed by atoms with Gasteiger partial charge in [-0.05, 0) is 49.4 Å². The Bertz CT molecular complexity index is 655. The van der Waals surface area contributed by atoms with Crippen molar-refractivity contribution in [3.8, 4) is 17.6 Å². The largest absolute Gasteiger partial charge is 0.457 e. The molecule has 0 spiro atoms. The van der Waals surface area contributed by atoms with Gasteiger partial charge in [-0.25, -0.2) is 0 Å². The predicted octanol–water partition coefficient (Wildman–Crippen LogP) is 3.14. The van der Waals surface area contributed by atoms with Crippen molar-refractivity contribution in [2.24, 2.45) is 0 Å². The summed E-state index contributed by atoms with van der Waals surface area (Å²) in [5.41, 5.74) is 7.14. The second-order valence-electron chi connectivity index (χ2n) is 4.04. The van der Waals surface area contributed by atoms with Gasteiger partial charge < -0.3 is 10.5 Å². The molecular formula is C15H12N2O2. The fourth-order valence-corrected chi connectivity index (χ4v) is 1.64. The van der Waals surface area contributed by atoms with Gasteiger partial charge in [0.1, 0.15) is 11.5 Å². The molecule has 0 amide bonds. The van der Waals surface area contributed by atoms with Crippen molar-refractivity contribution in [1.82, 2.24) is 0 Å². The third kappa shape index (κ3) is 2.90. The van der Waals surface area contributed by atoms with Crippen molar-refractivity contribution in [2.75, 3.05) is 5.73 Å². The minimum atomic E-state index is -0.109. The summed E-state index contributed by atoms with van der Waals surface area (Å²) in [4.78, 5) is 11.4. The number of hydrogen-bond donors (Lipinski definition) is 1. The van der Waals surface area contributed by atoms with Gasteiger partial charge in [0, 0.05) is 11.3 Å². The molecule has 0 aliphatic rings. The first kappa shape index (κ1) is 12.7. The lowest BCUT2D eigenvalue weighted by atomic mass is 10.1. The van der Waals surface area contributed by atoms with Crippen LogP contribution in [0.5, 0.6) is 11.5 Å². The number of nitrogens with zero attached hydrogens (tertiary/aromatic N) is 1. The minimum Gasteiger partial charge on any atom is -0.457 e. The summed E-state index contributed by atoms with van der Waals surface area (Å²) in [5.74, 6) is 1.02. The van der Waals surface area contributed by atoms with Gasteiger partial charge in [-0.1, -0.05) is 0 Å². The van der Waals surface area contributed by atoms with Gasteiger partial charge in [-0.3, -0.25) is 4.79 Å². The lowest BCUT2D eigenvalue weighted by Crippen LogP contribution is -1.99. The van der Waals surface area contributed by atoms with Crippen molar-refractivity contribution in [1.29, 1.82) is 5.26 Å². The van der Waals surface area contributed by atoms with E-state index in [0.29, 0.717) is 28.3 Å².